The van der Waals surface area contributed by atoms with Crippen LogP contribution in [0, 0.1) is 11.6 Å². The molecule has 1 aliphatic heterocycles. The molecule has 1 saturated heterocycles. The van der Waals surface area contributed by atoms with Crippen LogP contribution in [0.3, 0.4) is 0 Å². The number of pyridine rings is 1. The molecular formula is C30H32F2N8O3S2. The number of nitrogens with one attached hydrogen (secondary N) is 2. The summed E-state index contributed by atoms with van der Waals surface area (Å²) in [6, 6.07) is 10.9. The average molecular weight is 655 g/mol. The first-order valence-corrected chi connectivity index (χ1v) is 17.0. The Morgan fingerprint density at radius 2 is 1.93 bits per heavy atom. The van der Waals surface area contributed by atoms with E-state index < -0.39 is 33.5 Å². The summed E-state index contributed by atoms with van der Waals surface area (Å²) < 4.78 is 57.5. The fourth-order valence-corrected chi connectivity index (χ4v) is 7.45. The number of carbonyl (C=O) groups is 1. The Hall–Kier alpha value is -4.21. The lowest BCUT2D eigenvalue weighted by Gasteiger charge is -2.31. The van der Waals surface area contributed by atoms with Gasteiger partial charge < -0.3 is 16.0 Å². The van der Waals surface area contributed by atoms with Crippen molar-refractivity contribution in [2.24, 2.45) is 12.8 Å². The Balaban J connectivity index is 1.57. The second kappa shape index (κ2) is 11.9. The predicted octanol–water partition coefficient (Wildman–Crippen LogP) is 3.89. The molecule has 1 amide bonds. The lowest BCUT2D eigenvalue weighted by Crippen LogP contribution is -2.49. The van der Waals surface area contributed by atoms with Gasteiger partial charge in [-0.15, -0.1) is 0 Å². The number of benzene rings is 2. The molecule has 1 aliphatic rings. The number of nitrogens with zero attached hydrogens (tertiary/aromatic N) is 5. The second-order valence-electron chi connectivity index (χ2n) is 11.4. The third-order valence-corrected chi connectivity index (χ3v) is 9.33. The normalized spacial score (nSPS) is 16.4. The van der Waals surface area contributed by atoms with Gasteiger partial charge in [-0.25, -0.2) is 22.2 Å². The fourth-order valence-electron chi connectivity index (χ4n) is 5.96. The van der Waals surface area contributed by atoms with E-state index in [0.29, 0.717) is 38.9 Å². The van der Waals surface area contributed by atoms with Crippen molar-refractivity contribution in [3.63, 3.8) is 0 Å². The Bertz CT molecular complexity index is 2030. The lowest BCUT2D eigenvalue weighted by atomic mass is 9.87. The van der Waals surface area contributed by atoms with Crippen LogP contribution in [0.15, 0.2) is 42.5 Å². The maximum absolute atomic E-state index is 14.2. The van der Waals surface area contributed by atoms with E-state index in [1.807, 2.05) is 12.1 Å². The van der Waals surface area contributed by atoms with Crippen LogP contribution >= 0.6 is 11.3 Å². The van der Waals surface area contributed by atoms with Crippen LogP contribution < -0.4 is 20.7 Å². The van der Waals surface area contributed by atoms with Crippen LogP contribution in [0.25, 0.3) is 32.4 Å². The second-order valence-corrected chi connectivity index (χ2v) is 14.2. The number of amides is 1. The zero-order valence-corrected chi connectivity index (χ0v) is 26.5. The highest BCUT2D eigenvalue weighted by Gasteiger charge is 2.27. The van der Waals surface area contributed by atoms with Crippen molar-refractivity contribution in [3.05, 3.63) is 65.4 Å². The van der Waals surface area contributed by atoms with Crippen LogP contribution in [0.4, 0.5) is 19.7 Å². The van der Waals surface area contributed by atoms with Gasteiger partial charge in [0.15, 0.2) is 16.6 Å². The molecule has 6 rings (SSSR count). The molecule has 11 nitrogen and oxygen atoms in total. The Morgan fingerprint density at radius 1 is 1.18 bits per heavy atom. The number of hydrogen-bond donors (Lipinski definition) is 3. The molecule has 2 atom stereocenters. The molecule has 5 aromatic rings. The Morgan fingerprint density at radius 3 is 2.62 bits per heavy atom. The number of rotatable bonds is 9. The number of carbonyl (C=O) groups excluding carboxylic acids is 1. The molecule has 0 saturated carbocycles. The number of thiazole rings is 1. The smallest absolute Gasteiger partial charge is 0.231 e. The number of fused-ring (bicyclic) bond motifs is 2. The Kier molecular flexibility index (Phi) is 8.18. The molecule has 0 spiro atoms. The number of halogens is 2. The minimum Gasteiger partial charge on any atom is -0.370 e. The quantitative estimate of drug-likeness (QED) is 0.217. The van der Waals surface area contributed by atoms with E-state index in [4.69, 9.17) is 15.7 Å². The highest BCUT2D eigenvalue weighted by atomic mass is 32.2. The van der Waals surface area contributed by atoms with Gasteiger partial charge in [-0.3, -0.25) is 14.2 Å². The molecule has 2 aromatic carbocycles. The third kappa shape index (κ3) is 6.60. The summed E-state index contributed by atoms with van der Waals surface area (Å²) in [7, 11) is -1.91. The first-order valence-electron chi connectivity index (χ1n) is 14.3. The lowest BCUT2D eigenvalue weighted by molar-refractivity contribution is -0.118. The van der Waals surface area contributed by atoms with E-state index in [-0.39, 0.29) is 24.7 Å². The number of piperazine rings is 1. The summed E-state index contributed by atoms with van der Waals surface area (Å²) in [4.78, 5) is 24.5. The summed E-state index contributed by atoms with van der Waals surface area (Å²) in [5.74, 6) is -2.55. The molecule has 15 heteroatoms. The van der Waals surface area contributed by atoms with Gasteiger partial charge in [0.25, 0.3) is 0 Å². The minimum absolute atomic E-state index is 0.0810. The first kappa shape index (κ1) is 30.8. The number of aromatic nitrogens is 4. The largest absolute Gasteiger partial charge is 0.370 e. The number of hydrogen-bond acceptors (Lipinski definition) is 9. The number of sulfonamides is 1. The van der Waals surface area contributed by atoms with E-state index in [2.05, 4.69) is 27.0 Å². The summed E-state index contributed by atoms with van der Waals surface area (Å²) in [6.45, 7) is 4.49. The van der Waals surface area contributed by atoms with E-state index in [9.17, 15) is 22.0 Å². The van der Waals surface area contributed by atoms with Gasteiger partial charge in [-0.05, 0) is 43.2 Å². The number of anilines is 2. The maximum atomic E-state index is 14.2. The van der Waals surface area contributed by atoms with Crippen molar-refractivity contribution in [1.82, 2.24) is 25.1 Å². The van der Waals surface area contributed by atoms with Crippen LogP contribution in [0.5, 0.6) is 0 Å². The van der Waals surface area contributed by atoms with Crippen LogP contribution in [0.1, 0.15) is 30.5 Å². The minimum atomic E-state index is -3.62. The van der Waals surface area contributed by atoms with Crippen LogP contribution in [-0.4, -0.2) is 66.0 Å². The topological polar surface area (TPSA) is 148 Å². The molecule has 4 N–H and O–H groups in total. The van der Waals surface area contributed by atoms with Gasteiger partial charge in [-0.2, -0.15) is 10.1 Å². The number of nitrogens with two attached hydrogens (primary N) is 1. The van der Waals surface area contributed by atoms with Crippen molar-refractivity contribution < 1.29 is 22.0 Å². The molecule has 3 aromatic heterocycles. The molecule has 0 radical (unpaired) electrons. The summed E-state index contributed by atoms with van der Waals surface area (Å²) in [5.41, 5.74) is 8.97. The molecule has 45 heavy (non-hydrogen) atoms. The summed E-state index contributed by atoms with van der Waals surface area (Å²) in [6.07, 6.45) is 0.993. The fraction of sp³-hybridized carbons (Fsp3) is 0.333. The first-order chi connectivity index (χ1) is 21.3. The van der Waals surface area contributed by atoms with E-state index in [1.54, 1.807) is 23.9 Å². The van der Waals surface area contributed by atoms with Crippen molar-refractivity contribution in [1.29, 1.82) is 0 Å². The average Bonchev–Trinajstić information content (AvgIpc) is 3.50. The zero-order chi connectivity index (χ0) is 32.0. The van der Waals surface area contributed by atoms with Gasteiger partial charge in [0.05, 0.1) is 22.2 Å². The molecule has 1 fully saturated rings. The van der Waals surface area contributed by atoms with E-state index in [1.165, 1.54) is 23.5 Å². The summed E-state index contributed by atoms with van der Waals surface area (Å²) >= 11 is 1.50. The molecule has 0 aliphatic carbocycles. The maximum Gasteiger partial charge on any atom is 0.231 e. The molecule has 4 heterocycles. The highest BCUT2D eigenvalue weighted by molar-refractivity contribution is 7.92. The highest BCUT2D eigenvalue weighted by Crippen LogP contribution is 2.41. The molecule has 236 valence electrons. The van der Waals surface area contributed by atoms with Crippen molar-refractivity contribution in [3.8, 4) is 11.1 Å². The van der Waals surface area contributed by atoms with Crippen molar-refractivity contribution in [2.75, 3.05) is 35.5 Å². The van der Waals surface area contributed by atoms with Crippen molar-refractivity contribution in [2.45, 2.75) is 31.7 Å². The number of aryl methyl sites for hydroxylation is 1. The third-order valence-electron chi connectivity index (χ3n) is 7.72. The number of para-hydroxylation sites is 1. The van der Waals surface area contributed by atoms with Crippen LogP contribution in [0.2, 0.25) is 0 Å². The Labute approximate surface area is 262 Å². The SMILES string of the molecule is C[C@@H]1CN(c2nc3nc([C@H](CC(N)=O)Cc4cc(F)cc(F)c4)c(-c4cccc5c(NS(C)(=O)=O)nn(C)c45)cc3s2)CCN1. The number of primary amides is 1. The van der Waals surface area contributed by atoms with Gasteiger partial charge in [0, 0.05) is 67.6 Å². The predicted molar refractivity (Wildman–Crippen MR) is 172 cm³/mol. The molecule has 0 bridgehead atoms. The van der Waals surface area contributed by atoms with Gasteiger partial charge in [0.2, 0.25) is 15.9 Å². The van der Waals surface area contributed by atoms with E-state index >= 15 is 0 Å². The molecule has 0 unspecified atom stereocenters. The van der Waals surface area contributed by atoms with Gasteiger partial charge in [-0.1, -0.05) is 23.5 Å². The van der Waals surface area contributed by atoms with Gasteiger partial charge >= 0.3 is 0 Å². The monoisotopic (exact) mass is 654 g/mol. The van der Waals surface area contributed by atoms with Gasteiger partial charge in [0.1, 0.15) is 11.6 Å². The standard InChI is InChI=1S/C30H32F2N8O3S2/c1-16-15-40(8-7-34-16)30-36-29-24(44-30)14-23(21-5-4-6-22-27(21)39(2)37-28(22)38-45(3,42)43)26(35-29)18(12-25(33)41)9-17-10-19(31)13-20(32)11-17/h4-6,10-11,13-14,16,18,34H,7-9,12,15H2,1-3H3,(H2,33,41)(H,37,38)/t16-,18+/m1/s1. The van der Waals surface area contributed by atoms with Crippen molar-refractivity contribution >= 4 is 59.5 Å². The summed E-state index contributed by atoms with van der Waals surface area (Å²) in [5, 5.41) is 9.23. The molecular weight excluding hydrogens is 623 g/mol. The van der Waals surface area contributed by atoms with E-state index in [0.717, 1.165) is 41.8 Å². The zero-order valence-electron chi connectivity index (χ0n) is 24.8. The van der Waals surface area contributed by atoms with Crippen LogP contribution in [-0.2, 0) is 28.3 Å².